The molecule has 0 spiro atoms. The zero-order valence-electron chi connectivity index (χ0n) is 22.6. The van der Waals surface area contributed by atoms with Crippen LogP contribution in [0, 0.1) is 0 Å². The molecule has 0 atom stereocenters. The fourth-order valence-corrected chi connectivity index (χ4v) is 5.71. The molecule has 2 bridgehead atoms. The predicted molar refractivity (Wildman–Crippen MR) is 151 cm³/mol. The van der Waals surface area contributed by atoms with E-state index in [1.807, 2.05) is 19.3 Å². The summed E-state index contributed by atoms with van der Waals surface area (Å²) in [5.74, 6) is -0.827. The third-order valence-corrected chi connectivity index (χ3v) is 8.35. The van der Waals surface area contributed by atoms with Gasteiger partial charge in [-0.25, -0.2) is 17.7 Å². The van der Waals surface area contributed by atoms with Crippen LogP contribution in [0.1, 0.15) is 71.2 Å². The van der Waals surface area contributed by atoms with Crippen LogP contribution in [0.2, 0.25) is 0 Å². The molecule has 0 radical (unpaired) electrons. The lowest BCUT2D eigenvalue weighted by atomic mass is 10.1. The number of carbonyl (C=O) groups is 2. The third kappa shape index (κ3) is 7.33. The number of piperidine rings is 1. The molecule has 2 aliphatic heterocycles. The monoisotopic (exact) mass is 555 g/mol. The molecule has 0 unspecified atom stereocenters. The lowest BCUT2D eigenvalue weighted by Gasteiger charge is -2.30. The SMILES string of the molecule is C=C/C1=C\N(C)CCCCCCNC(=O)c2nn(C3CCN(S(C)(=O)=O)CC3)cc2NC(=O)c2cccc1n2. The van der Waals surface area contributed by atoms with Crippen molar-refractivity contribution in [3.8, 4) is 0 Å². The molecule has 2 amide bonds. The largest absolute Gasteiger partial charge is 0.380 e. The molecule has 4 rings (SSSR count). The van der Waals surface area contributed by atoms with Crippen LogP contribution in [-0.2, 0) is 10.0 Å². The van der Waals surface area contributed by atoms with Crippen LogP contribution in [0.3, 0.4) is 0 Å². The third-order valence-electron chi connectivity index (χ3n) is 7.04. The molecule has 2 aromatic rings. The zero-order valence-corrected chi connectivity index (χ0v) is 23.4. The van der Waals surface area contributed by atoms with Crippen molar-refractivity contribution in [1.82, 2.24) is 29.3 Å². The van der Waals surface area contributed by atoms with Gasteiger partial charge in [0.2, 0.25) is 10.0 Å². The van der Waals surface area contributed by atoms with E-state index in [4.69, 9.17) is 0 Å². The van der Waals surface area contributed by atoms with Crippen LogP contribution in [0.5, 0.6) is 0 Å². The van der Waals surface area contributed by atoms with Crippen molar-refractivity contribution >= 4 is 33.1 Å². The average molecular weight is 556 g/mol. The molecule has 2 aliphatic rings. The van der Waals surface area contributed by atoms with Gasteiger partial charge in [0, 0.05) is 51.2 Å². The summed E-state index contributed by atoms with van der Waals surface area (Å²) >= 11 is 0. The second-order valence-corrected chi connectivity index (χ2v) is 12.0. The smallest absolute Gasteiger partial charge is 0.274 e. The van der Waals surface area contributed by atoms with E-state index >= 15 is 0 Å². The number of anilines is 1. The van der Waals surface area contributed by atoms with Crippen LogP contribution in [0.15, 0.2) is 43.3 Å². The molecule has 2 aromatic heterocycles. The Hall–Kier alpha value is -3.51. The summed E-state index contributed by atoms with van der Waals surface area (Å²) in [7, 11) is -1.26. The first-order valence-corrected chi connectivity index (χ1v) is 15.2. The molecular weight excluding hydrogens is 518 g/mol. The Labute approximate surface area is 230 Å². The molecule has 11 nitrogen and oxygen atoms in total. The highest BCUT2D eigenvalue weighted by Gasteiger charge is 2.28. The summed E-state index contributed by atoms with van der Waals surface area (Å²) in [6.07, 6.45) is 11.5. The summed E-state index contributed by atoms with van der Waals surface area (Å²) in [6.45, 7) is 6.04. The molecule has 4 heterocycles. The minimum absolute atomic E-state index is 0.0967. The van der Waals surface area contributed by atoms with Crippen molar-refractivity contribution in [1.29, 1.82) is 0 Å². The molecular formula is C27H37N7O4S. The molecule has 210 valence electrons. The Morgan fingerprint density at radius 3 is 2.46 bits per heavy atom. The first-order valence-electron chi connectivity index (χ1n) is 13.3. The molecule has 0 aliphatic carbocycles. The number of nitrogens with zero attached hydrogens (tertiary/aromatic N) is 5. The molecule has 2 N–H and O–H groups in total. The number of hydrogen-bond donors (Lipinski definition) is 2. The van der Waals surface area contributed by atoms with Crippen molar-refractivity contribution in [3.63, 3.8) is 0 Å². The number of nitrogens with one attached hydrogen (secondary N) is 2. The predicted octanol–water partition coefficient (Wildman–Crippen LogP) is 2.89. The lowest BCUT2D eigenvalue weighted by Crippen LogP contribution is -2.38. The first-order chi connectivity index (χ1) is 18.7. The normalized spacial score (nSPS) is 20.6. The Balaban J connectivity index is 1.63. The maximum absolute atomic E-state index is 13.3. The molecule has 1 saturated heterocycles. The van der Waals surface area contributed by atoms with Crippen LogP contribution in [0.4, 0.5) is 5.69 Å². The van der Waals surface area contributed by atoms with E-state index < -0.39 is 15.9 Å². The molecule has 39 heavy (non-hydrogen) atoms. The topological polar surface area (TPSA) is 130 Å². The van der Waals surface area contributed by atoms with E-state index in [0.29, 0.717) is 38.2 Å². The Bertz CT molecular complexity index is 1340. The van der Waals surface area contributed by atoms with Gasteiger partial charge in [-0.3, -0.25) is 14.3 Å². The summed E-state index contributed by atoms with van der Waals surface area (Å²) < 4.78 is 26.9. The van der Waals surface area contributed by atoms with Gasteiger partial charge in [0.25, 0.3) is 11.8 Å². The summed E-state index contributed by atoms with van der Waals surface area (Å²) in [5.41, 5.74) is 2.04. The van der Waals surface area contributed by atoms with Crippen molar-refractivity contribution in [3.05, 3.63) is 60.3 Å². The van der Waals surface area contributed by atoms with Gasteiger partial charge in [0.05, 0.1) is 23.7 Å². The van der Waals surface area contributed by atoms with Crippen LogP contribution in [0.25, 0.3) is 5.57 Å². The van der Waals surface area contributed by atoms with Crippen LogP contribution < -0.4 is 10.6 Å². The molecule has 0 saturated carbocycles. The second kappa shape index (κ2) is 12.6. The Morgan fingerprint density at radius 1 is 1.03 bits per heavy atom. The van der Waals surface area contributed by atoms with E-state index in [0.717, 1.165) is 37.8 Å². The van der Waals surface area contributed by atoms with E-state index in [-0.39, 0.29) is 29.0 Å². The van der Waals surface area contributed by atoms with E-state index in [2.05, 4.69) is 32.2 Å². The number of fused-ring (bicyclic) bond motifs is 3. The Morgan fingerprint density at radius 2 is 1.74 bits per heavy atom. The number of amides is 2. The highest BCUT2D eigenvalue weighted by molar-refractivity contribution is 7.88. The number of aromatic nitrogens is 3. The van der Waals surface area contributed by atoms with E-state index in [9.17, 15) is 18.0 Å². The molecule has 1 fully saturated rings. The quantitative estimate of drug-likeness (QED) is 0.596. The number of pyridine rings is 1. The number of rotatable bonds is 3. The molecule has 0 aromatic carbocycles. The van der Waals surface area contributed by atoms with Crippen molar-refractivity contribution in [2.45, 2.75) is 44.6 Å². The van der Waals surface area contributed by atoms with Gasteiger partial charge in [0.15, 0.2) is 5.69 Å². The van der Waals surface area contributed by atoms with Crippen LogP contribution >= 0.6 is 0 Å². The number of hydrogen-bond acceptors (Lipinski definition) is 7. The highest BCUT2D eigenvalue weighted by Crippen LogP contribution is 2.27. The minimum Gasteiger partial charge on any atom is -0.380 e. The van der Waals surface area contributed by atoms with Crippen molar-refractivity contribution < 1.29 is 18.0 Å². The minimum atomic E-state index is -3.26. The van der Waals surface area contributed by atoms with Crippen molar-refractivity contribution in [2.75, 3.05) is 44.8 Å². The fraction of sp³-hybridized carbons (Fsp3) is 0.481. The van der Waals surface area contributed by atoms with Crippen molar-refractivity contribution in [2.24, 2.45) is 0 Å². The van der Waals surface area contributed by atoms with Gasteiger partial charge < -0.3 is 15.5 Å². The van der Waals surface area contributed by atoms with Crippen LogP contribution in [-0.4, -0.2) is 83.7 Å². The number of carbonyl (C=O) groups excluding carboxylic acids is 2. The number of sulfonamides is 1. The standard InChI is InChI=1S/C27H37N7O4S/c1-4-20-18-32(2)15-8-6-5-7-14-28-27(36)25-24(30-26(35)23-11-9-10-22(20)29-23)19-34(31-25)21-12-16-33(17-13-21)39(3,37)38/h4,9-11,18-19,21H,1,5-8,12-17H2,2-3H3,(H,28,36)(H,30,35)/b20-18+. The van der Waals surface area contributed by atoms with Gasteiger partial charge in [-0.15, -0.1) is 0 Å². The fourth-order valence-electron chi connectivity index (χ4n) is 4.84. The second-order valence-electron chi connectivity index (χ2n) is 10.1. The summed E-state index contributed by atoms with van der Waals surface area (Å²) in [5, 5.41) is 10.3. The van der Waals surface area contributed by atoms with Gasteiger partial charge in [0.1, 0.15) is 5.69 Å². The van der Waals surface area contributed by atoms with Gasteiger partial charge in [-0.05, 0) is 37.8 Å². The maximum atomic E-state index is 13.3. The first kappa shape index (κ1) is 28.5. The average Bonchev–Trinajstić information content (AvgIpc) is 3.34. The summed E-state index contributed by atoms with van der Waals surface area (Å²) in [6, 6.07) is 5.11. The summed E-state index contributed by atoms with van der Waals surface area (Å²) in [4.78, 5) is 33.0. The van der Waals surface area contributed by atoms with E-state index in [1.54, 1.807) is 29.1 Å². The van der Waals surface area contributed by atoms with E-state index in [1.165, 1.54) is 10.6 Å². The van der Waals surface area contributed by atoms with Gasteiger partial charge in [-0.1, -0.05) is 31.6 Å². The zero-order chi connectivity index (χ0) is 28.0. The number of allylic oxidation sites excluding steroid dienone is 2. The molecule has 12 heteroatoms. The lowest BCUT2D eigenvalue weighted by molar-refractivity contribution is 0.0947. The van der Waals surface area contributed by atoms with Gasteiger partial charge in [-0.2, -0.15) is 5.10 Å². The maximum Gasteiger partial charge on any atom is 0.274 e. The van der Waals surface area contributed by atoms with Gasteiger partial charge >= 0.3 is 0 Å². The highest BCUT2D eigenvalue weighted by atomic mass is 32.2. The Kier molecular flexibility index (Phi) is 9.18.